The van der Waals surface area contributed by atoms with Crippen LogP contribution in [0.5, 0.6) is 0 Å². The molecule has 5 aliphatic carbocycles. The molecule has 0 heterocycles. The normalized spacial score (nSPS) is 35.8. The summed E-state index contributed by atoms with van der Waals surface area (Å²) in [4.78, 5) is 25.8. The minimum atomic E-state index is -0.668. The molecule has 0 aromatic rings. The standard InChI is InChI=1S/C27H44O6/c1-6-25(4,5)24(29)33-27-15-20-12-21(16-27)14-26(13-20,17-27)32-18(2)23(28)31-19(3)30-22-10-8-7-9-11-22/h18-22H,6-17H2,1-5H3. The molecule has 33 heavy (non-hydrogen) atoms. The molecular formula is C27H44O6. The van der Waals surface area contributed by atoms with E-state index in [0.717, 1.165) is 44.9 Å². The molecule has 5 saturated carbocycles. The van der Waals surface area contributed by atoms with Crippen LogP contribution in [0.2, 0.25) is 0 Å². The Hall–Kier alpha value is -1.14. The van der Waals surface area contributed by atoms with Crippen molar-refractivity contribution in [3.05, 3.63) is 0 Å². The lowest BCUT2D eigenvalue weighted by atomic mass is 9.52. The molecule has 188 valence electrons. The molecule has 4 bridgehead atoms. The first-order valence-electron chi connectivity index (χ1n) is 13.3. The molecule has 4 unspecified atom stereocenters. The van der Waals surface area contributed by atoms with Gasteiger partial charge in [-0.25, -0.2) is 4.79 Å². The molecule has 0 aromatic heterocycles. The number of hydrogen-bond donors (Lipinski definition) is 0. The fraction of sp³-hybridized carbons (Fsp3) is 0.926. The van der Waals surface area contributed by atoms with Crippen LogP contribution in [-0.2, 0) is 28.5 Å². The van der Waals surface area contributed by atoms with Gasteiger partial charge in [0.15, 0.2) is 6.10 Å². The van der Waals surface area contributed by atoms with Gasteiger partial charge in [-0.05, 0) is 90.9 Å². The average molecular weight is 465 g/mol. The van der Waals surface area contributed by atoms with Gasteiger partial charge in [0.25, 0.3) is 0 Å². The summed E-state index contributed by atoms with van der Waals surface area (Å²) in [5.41, 5.74) is -1.34. The number of esters is 2. The predicted molar refractivity (Wildman–Crippen MR) is 124 cm³/mol. The van der Waals surface area contributed by atoms with Gasteiger partial charge in [0.1, 0.15) is 5.60 Å². The van der Waals surface area contributed by atoms with E-state index in [1.54, 1.807) is 13.8 Å². The zero-order valence-corrected chi connectivity index (χ0v) is 21.3. The van der Waals surface area contributed by atoms with Gasteiger partial charge >= 0.3 is 11.9 Å². The van der Waals surface area contributed by atoms with Gasteiger partial charge in [0.05, 0.1) is 17.1 Å². The summed E-state index contributed by atoms with van der Waals surface area (Å²) in [6.45, 7) is 9.52. The summed E-state index contributed by atoms with van der Waals surface area (Å²) in [5, 5.41) is 0. The van der Waals surface area contributed by atoms with Gasteiger partial charge in [-0.2, -0.15) is 0 Å². The Balaban J connectivity index is 1.37. The van der Waals surface area contributed by atoms with Crippen LogP contribution in [0, 0.1) is 17.3 Å². The number of carbonyl (C=O) groups is 2. The Kier molecular flexibility index (Phi) is 7.18. The monoisotopic (exact) mass is 464 g/mol. The van der Waals surface area contributed by atoms with E-state index in [4.69, 9.17) is 18.9 Å². The molecule has 0 spiro atoms. The molecule has 6 heteroatoms. The first kappa shape index (κ1) is 25.0. The molecule has 0 aromatic carbocycles. The maximum absolute atomic E-state index is 12.9. The van der Waals surface area contributed by atoms with E-state index in [1.807, 2.05) is 20.8 Å². The topological polar surface area (TPSA) is 71.1 Å². The van der Waals surface area contributed by atoms with Crippen molar-refractivity contribution < 1.29 is 28.5 Å². The quantitative estimate of drug-likeness (QED) is 0.322. The fourth-order valence-electron chi connectivity index (χ4n) is 7.01. The number of ether oxygens (including phenoxy) is 4. The number of hydrogen-bond acceptors (Lipinski definition) is 6. The van der Waals surface area contributed by atoms with Gasteiger partial charge in [-0.3, -0.25) is 4.79 Å². The smallest absolute Gasteiger partial charge is 0.337 e. The summed E-state index contributed by atoms with van der Waals surface area (Å²) in [6.07, 6.45) is 11.0. The number of carbonyl (C=O) groups excluding carboxylic acids is 2. The lowest BCUT2D eigenvalue weighted by Gasteiger charge is -2.61. The van der Waals surface area contributed by atoms with Crippen LogP contribution >= 0.6 is 0 Å². The van der Waals surface area contributed by atoms with Crippen LogP contribution in [0.3, 0.4) is 0 Å². The number of rotatable bonds is 9. The van der Waals surface area contributed by atoms with E-state index < -0.39 is 29.0 Å². The third-order valence-electron chi connectivity index (χ3n) is 8.68. The first-order valence-corrected chi connectivity index (χ1v) is 13.3. The molecule has 0 radical (unpaired) electrons. The second-order valence-electron chi connectivity index (χ2n) is 12.1. The third kappa shape index (κ3) is 5.58. The molecule has 0 aliphatic heterocycles. The average Bonchev–Trinajstić information content (AvgIpc) is 2.72. The zero-order valence-electron chi connectivity index (χ0n) is 21.3. The van der Waals surface area contributed by atoms with E-state index in [9.17, 15) is 9.59 Å². The van der Waals surface area contributed by atoms with Gasteiger partial charge in [0, 0.05) is 6.42 Å². The minimum Gasteiger partial charge on any atom is -0.459 e. The van der Waals surface area contributed by atoms with E-state index >= 15 is 0 Å². The zero-order chi connectivity index (χ0) is 23.9. The minimum absolute atomic E-state index is 0.108. The van der Waals surface area contributed by atoms with Gasteiger partial charge in [-0.1, -0.05) is 26.2 Å². The van der Waals surface area contributed by atoms with E-state index in [2.05, 4.69) is 0 Å². The Morgan fingerprint density at radius 3 is 2.18 bits per heavy atom. The second kappa shape index (κ2) is 9.49. The molecule has 0 N–H and O–H groups in total. The summed E-state index contributed by atoms with van der Waals surface area (Å²) < 4.78 is 24.3. The van der Waals surface area contributed by atoms with Crippen molar-refractivity contribution in [3.8, 4) is 0 Å². The van der Waals surface area contributed by atoms with Gasteiger partial charge < -0.3 is 18.9 Å². The van der Waals surface area contributed by atoms with Crippen LogP contribution in [0.15, 0.2) is 0 Å². The summed E-state index contributed by atoms with van der Waals surface area (Å²) in [5.74, 6) is 0.497. The molecule has 5 rings (SSSR count). The highest BCUT2D eigenvalue weighted by molar-refractivity contribution is 5.76. The second-order valence-corrected chi connectivity index (χ2v) is 12.1. The van der Waals surface area contributed by atoms with Crippen LogP contribution in [0.25, 0.3) is 0 Å². The fourth-order valence-corrected chi connectivity index (χ4v) is 7.01. The Morgan fingerprint density at radius 1 is 0.970 bits per heavy atom. The molecule has 5 fully saturated rings. The SMILES string of the molecule is CCC(C)(C)C(=O)OC12CC3CC(C1)CC(OC(C)C(=O)OC(C)OC1CCCCC1)(C3)C2. The Labute approximate surface area is 199 Å². The van der Waals surface area contributed by atoms with Crippen molar-refractivity contribution in [1.29, 1.82) is 0 Å². The van der Waals surface area contributed by atoms with E-state index in [0.29, 0.717) is 18.3 Å². The molecule has 0 amide bonds. The van der Waals surface area contributed by atoms with Crippen molar-refractivity contribution in [1.82, 2.24) is 0 Å². The van der Waals surface area contributed by atoms with Crippen molar-refractivity contribution >= 4 is 11.9 Å². The Bertz CT molecular complexity index is 710. The van der Waals surface area contributed by atoms with Crippen LogP contribution in [-0.4, -0.2) is 41.6 Å². The highest BCUT2D eigenvalue weighted by Gasteiger charge is 2.61. The largest absolute Gasteiger partial charge is 0.459 e. The Morgan fingerprint density at radius 2 is 1.58 bits per heavy atom. The molecular weight excluding hydrogens is 420 g/mol. The van der Waals surface area contributed by atoms with Crippen molar-refractivity contribution in [2.24, 2.45) is 17.3 Å². The van der Waals surface area contributed by atoms with Gasteiger partial charge in [0.2, 0.25) is 6.29 Å². The van der Waals surface area contributed by atoms with Crippen molar-refractivity contribution in [3.63, 3.8) is 0 Å². The molecule has 6 nitrogen and oxygen atoms in total. The van der Waals surface area contributed by atoms with Crippen molar-refractivity contribution in [2.75, 3.05) is 0 Å². The summed E-state index contributed by atoms with van der Waals surface area (Å²) in [6, 6.07) is 0. The maximum Gasteiger partial charge on any atom is 0.337 e. The predicted octanol–water partition coefficient (Wildman–Crippen LogP) is 5.70. The van der Waals surface area contributed by atoms with E-state index in [-0.39, 0.29) is 18.0 Å². The lowest BCUT2D eigenvalue weighted by molar-refractivity contribution is -0.253. The van der Waals surface area contributed by atoms with Crippen LogP contribution < -0.4 is 0 Å². The maximum atomic E-state index is 12.9. The summed E-state index contributed by atoms with van der Waals surface area (Å²) >= 11 is 0. The molecule has 0 saturated heterocycles. The third-order valence-corrected chi connectivity index (χ3v) is 8.68. The highest BCUT2D eigenvalue weighted by Crippen LogP contribution is 2.60. The molecule has 4 atom stereocenters. The lowest BCUT2D eigenvalue weighted by Crippen LogP contribution is -2.62. The summed E-state index contributed by atoms with van der Waals surface area (Å²) in [7, 11) is 0. The van der Waals surface area contributed by atoms with Crippen LogP contribution in [0.1, 0.15) is 112 Å². The van der Waals surface area contributed by atoms with Gasteiger partial charge in [-0.15, -0.1) is 0 Å². The molecule has 5 aliphatic rings. The highest BCUT2D eigenvalue weighted by atomic mass is 16.7. The van der Waals surface area contributed by atoms with E-state index in [1.165, 1.54) is 25.7 Å². The first-order chi connectivity index (χ1) is 15.5. The van der Waals surface area contributed by atoms with Crippen LogP contribution in [0.4, 0.5) is 0 Å². The van der Waals surface area contributed by atoms with Crippen molar-refractivity contribution in [2.45, 2.75) is 141 Å².